The third-order valence-electron chi connectivity index (χ3n) is 3.59. The Balaban J connectivity index is 1.81. The van der Waals surface area contributed by atoms with Crippen LogP contribution in [0, 0.1) is 11.3 Å². The number of nitrogens with one attached hydrogen (secondary N) is 1. The average Bonchev–Trinajstić information content (AvgIpc) is 2.84. The van der Waals surface area contributed by atoms with Crippen LogP contribution in [0.1, 0.15) is 38.8 Å². The Hall–Kier alpha value is -0.890. The van der Waals surface area contributed by atoms with Crippen molar-refractivity contribution in [3.05, 3.63) is 30.1 Å². The molecule has 2 atom stereocenters. The molecule has 0 bridgehead atoms. The molecule has 1 aliphatic carbocycles. The lowest BCUT2D eigenvalue weighted by Gasteiger charge is -2.14. The molecule has 2 nitrogen and oxygen atoms in total. The highest BCUT2D eigenvalue weighted by Crippen LogP contribution is 2.51. The molecule has 2 unspecified atom stereocenters. The molecule has 1 N–H and O–H groups in total. The summed E-state index contributed by atoms with van der Waals surface area (Å²) in [6.45, 7) is 8.04. The van der Waals surface area contributed by atoms with Gasteiger partial charge in [-0.3, -0.25) is 4.98 Å². The number of hydrogen-bond donors (Lipinski definition) is 1. The van der Waals surface area contributed by atoms with Crippen LogP contribution in [-0.2, 0) is 0 Å². The van der Waals surface area contributed by atoms with Crippen LogP contribution in [0.4, 0.5) is 0 Å². The van der Waals surface area contributed by atoms with E-state index < -0.39 is 0 Å². The Kier molecular flexibility index (Phi) is 2.79. The summed E-state index contributed by atoms with van der Waals surface area (Å²) in [6.07, 6.45) is 5.08. The van der Waals surface area contributed by atoms with Crippen molar-refractivity contribution in [3.8, 4) is 0 Å². The number of pyridine rings is 1. The first-order valence-corrected chi connectivity index (χ1v) is 5.73. The molecule has 15 heavy (non-hydrogen) atoms. The highest BCUT2D eigenvalue weighted by molar-refractivity contribution is 5.14. The molecule has 82 valence electrons. The van der Waals surface area contributed by atoms with Crippen LogP contribution in [0.25, 0.3) is 0 Å². The Bertz CT molecular complexity index is 319. The maximum absolute atomic E-state index is 4.03. The van der Waals surface area contributed by atoms with Crippen LogP contribution < -0.4 is 5.32 Å². The van der Waals surface area contributed by atoms with E-state index in [4.69, 9.17) is 0 Å². The first kappa shape index (κ1) is 10.6. The number of hydrogen-bond acceptors (Lipinski definition) is 2. The van der Waals surface area contributed by atoms with E-state index in [1.54, 1.807) is 0 Å². The third kappa shape index (κ3) is 2.57. The van der Waals surface area contributed by atoms with Crippen molar-refractivity contribution in [2.75, 3.05) is 6.54 Å². The van der Waals surface area contributed by atoms with E-state index in [9.17, 15) is 0 Å². The summed E-state index contributed by atoms with van der Waals surface area (Å²) in [4.78, 5) is 4.03. The molecule has 0 aliphatic heterocycles. The largest absolute Gasteiger partial charge is 0.310 e. The van der Waals surface area contributed by atoms with Gasteiger partial charge in [-0.1, -0.05) is 13.8 Å². The molecule has 0 saturated heterocycles. The minimum absolute atomic E-state index is 0.435. The normalized spacial score (nSPS) is 24.9. The zero-order valence-corrected chi connectivity index (χ0v) is 9.83. The molecule has 0 amide bonds. The lowest BCUT2D eigenvalue weighted by atomic mass is 10.1. The standard InChI is InChI=1S/C13H20N2/c1-10(11-4-6-14-7-5-11)15-9-12-8-13(12,2)3/h4-7,10,12,15H,8-9H2,1-3H3. The molecule has 2 rings (SSSR count). The minimum atomic E-state index is 0.435. The zero-order chi connectivity index (χ0) is 10.9. The van der Waals surface area contributed by atoms with Crippen LogP contribution in [-0.4, -0.2) is 11.5 Å². The quantitative estimate of drug-likeness (QED) is 0.815. The molecule has 1 aliphatic rings. The second kappa shape index (κ2) is 3.93. The molecule has 1 heterocycles. The number of nitrogens with zero attached hydrogens (tertiary/aromatic N) is 1. The van der Waals surface area contributed by atoms with Gasteiger partial charge in [0.25, 0.3) is 0 Å². The topological polar surface area (TPSA) is 24.9 Å². The van der Waals surface area contributed by atoms with E-state index in [1.807, 2.05) is 12.4 Å². The van der Waals surface area contributed by atoms with Gasteiger partial charge in [0.2, 0.25) is 0 Å². The molecule has 0 aromatic carbocycles. The van der Waals surface area contributed by atoms with E-state index >= 15 is 0 Å². The van der Waals surface area contributed by atoms with E-state index in [0.29, 0.717) is 11.5 Å². The Labute approximate surface area is 92.1 Å². The zero-order valence-electron chi connectivity index (χ0n) is 9.83. The summed E-state index contributed by atoms with van der Waals surface area (Å²) in [5.41, 5.74) is 1.90. The predicted molar refractivity (Wildman–Crippen MR) is 62.5 cm³/mol. The molecular weight excluding hydrogens is 184 g/mol. The van der Waals surface area contributed by atoms with Crippen LogP contribution in [0.15, 0.2) is 24.5 Å². The number of aromatic nitrogens is 1. The molecule has 1 fully saturated rings. The monoisotopic (exact) mass is 204 g/mol. The van der Waals surface area contributed by atoms with Crippen LogP contribution >= 0.6 is 0 Å². The molecule has 1 aromatic heterocycles. The summed E-state index contributed by atoms with van der Waals surface area (Å²) in [6, 6.07) is 4.59. The fraction of sp³-hybridized carbons (Fsp3) is 0.615. The van der Waals surface area contributed by atoms with Crippen molar-refractivity contribution in [1.29, 1.82) is 0 Å². The summed E-state index contributed by atoms with van der Waals surface area (Å²) >= 11 is 0. The van der Waals surface area contributed by atoms with Gasteiger partial charge < -0.3 is 5.32 Å². The molecular formula is C13H20N2. The second-order valence-corrected chi connectivity index (χ2v) is 5.30. The van der Waals surface area contributed by atoms with Gasteiger partial charge in [-0.2, -0.15) is 0 Å². The molecule has 0 radical (unpaired) electrons. The van der Waals surface area contributed by atoms with Crippen molar-refractivity contribution >= 4 is 0 Å². The number of rotatable bonds is 4. The van der Waals surface area contributed by atoms with Crippen LogP contribution in [0.5, 0.6) is 0 Å². The van der Waals surface area contributed by atoms with E-state index in [0.717, 1.165) is 12.5 Å². The highest BCUT2D eigenvalue weighted by Gasteiger charge is 2.44. The summed E-state index contributed by atoms with van der Waals surface area (Å²) in [5.74, 6) is 0.863. The van der Waals surface area contributed by atoms with E-state index in [-0.39, 0.29) is 0 Å². The smallest absolute Gasteiger partial charge is 0.0293 e. The molecule has 2 heteroatoms. The van der Waals surface area contributed by atoms with Gasteiger partial charge in [-0.25, -0.2) is 0 Å². The van der Waals surface area contributed by atoms with Gasteiger partial charge >= 0.3 is 0 Å². The summed E-state index contributed by atoms with van der Waals surface area (Å²) in [5, 5.41) is 3.59. The van der Waals surface area contributed by atoms with E-state index in [1.165, 1.54) is 12.0 Å². The molecule has 1 aromatic rings. The Morgan fingerprint density at radius 1 is 1.47 bits per heavy atom. The minimum Gasteiger partial charge on any atom is -0.310 e. The van der Waals surface area contributed by atoms with Crippen molar-refractivity contribution in [2.24, 2.45) is 11.3 Å². The lowest BCUT2D eigenvalue weighted by Crippen LogP contribution is -2.22. The van der Waals surface area contributed by atoms with Crippen molar-refractivity contribution in [1.82, 2.24) is 10.3 Å². The second-order valence-electron chi connectivity index (χ2n) is 5.30. The van der Waals surface area contributed by atoms with Crippen molar-refractivity contribution < 1.29 is 0 Å². The fourth-order valence-electron chi connectivity index (χ4n) is 2.01. The molecule has 1 saturated carbocycles. The van der Waals surface area contributed by atoms with E-state index in [2.05, 4.69) is 43.2 Å². The summed E-state index contributed by atoms with van der Waals surface area (Å²) < 4.78 is 0. The highest BCUT2D eigenvalue weighted by atomic mass is 14.9. The third-order valence-corrected chi connectivity index (χ3v) is 3.59. The first-order valence-electron chi connectivity index (χ1n) is 5.73. The van der Waals surface area contributed by atoms with Crippen LogP contribution in [0.3, 0.4) is 0 Å². The maximum Gasteiger partial charge on any atom is 0.0293 e. The fourth-order valence-corrected chi connectivity index (χ4v) is 2.01. The SMILES string of the molecule is CC(NCC1CC1(C)C)c1ccncc1. The maximum atomic E-state index is 4.03. The van der Waals surface area contributed by atoms with Gasteiger partial charge in [-0.15, -0.1) is 0 Å². The predicted octanol–water partition coefficient (Wildman–Crippen LogP) is 2.78. The summed E-state index contributed by atoms with van der Waals surface area (Å²) in [7, 11) is 0. The van der Waals surface area contributed by atoms with Crippen LogP contribution in [0.2, 0.25) is 0 Å². The van der Waals surface area contributed by atoms with Gasteiger partial charge in [-0.05, 0) is 48.9 Å². The van der Waals surface area contributed by atoms with Gasteiger partial charge in [0, 0.05) is 18.4 Å². The Morgan fingerprint density at radius 3 is 2.60 bits per heavy atom. The Morgan fingerprint density at radius 2 is 2.07 bits per heavy atom. The van der Waals surface area contributed by atoms with Gasteiger partial charge in [0.05, 0.1) is 0 Å². The average molecular weight is 204 g/mol. The first-order chi connectivity index (χ1) is 7.09. The van der Waals surface area contributed by atoms with Gasteiger partial charge in [0.15, 0.2) is 0 Å². The van der Waals surface area contributed by atoms with Gasteiger partial charge in [0.1, 0.15) is 0 Å². The van der Waals surface area contributed by atoms with Crippen molar-refractivity contribution in [2.45, 2.75) is 33.2 Å². The van der Waals surface area contributed by atoms with Crippen molar-refractivity contribution in [3.63, 3.8) is 0 Å². The lowest BCUT2D eigenvalue weighted by molar-refractivity contribution is 0.485. The molecule has 0 spiro atoms.